The molecule has 0 aliphatic carbocycles. The average molecular weight is 378 g/mol. The fourth-order valence-electron chi connectivity index (χ4n) is 2.33. The number of carbonyl (C=O) groups excluding carboxylic acids is 2. The molecule has 0 aliphatic rings. The molecule has 6 nitrogen and oxygen atoms in total. The lowest BCUT2D eigenvalue weighted by Gasteiger charge is -2.11. The summed E-state index contributed by atoms with van der Waals surface area (Å²) < 4.78 is 0. The molecule has 0 bridgehead atoms. The summed E-state index contributed by atoms with van der Waals surface area (Å²) in [6.45, 7) is 3.80. The van der Waals surface area contributed by atoms with E-state index in [1.807, 2.05) is 25.3 Å². The molecular weight excluding hydrogens is 360 g/mol. The molecule has 0 atom stereocenters. The Morgan fingerprint density at radius 1 is 1.07 bits per heavy atom. The third-order valence-corrected chi connectivity index (χ3v) is 4.53. The van der Waals surface area contributed by atoms with Crippen LogP contribution in [0.1, 0.15) is 26.6 Å². The smallest absolute Gasteiger partial charge is 0.255 e. The molecular formula is C20H18N4O2S. The molecule has 0 saturated heterocycles. The highest BCUT2D eigenvalue weighted by Crippen LogP contribution is 2.21. The van der Waals surface area contributed by atoms with Crippen LogP contribution in [0.5, 0.6) is 0 Å². The van der Waals surface area contributed by atoms with Gasteiger partial charge in [-0.1, -0.05) is 6.07 Å². The number of pyridine rings is 1. The van der Waals surface area contributed by atoms with Gasteiger partial charge in [-0.25, -0.2) is 4.98 Å². The van der Waals surface area contributed by atoms with Crippen LogP contribution in [0.4, 0.5) is 11.4 Å². The summed E-state index contributed by atoms with van der Waals surface area (Å²) in [5.41, 5.74) is 3.38. The first-order valence-electron chi connectivity index (χ1n) is 8.24. The number of nitrogens with zero attached hydrogens (tertiary/aromatic N) is 2. The van der Waals surface area contributed by atoms with Gasteiger partial charge in [0.2, 0.25) is 5.91 Å². The van der Waals surface area contributed by atoms with Gasteiger partial charge in [-0.3, -0.25) is 14.6 Å². The molecule has 0 aliphatic heterocycles. The number of hydrogen-bond donors (Lipinski definition) is 2. The maximum absolute atomic E-state index is 12.3. The van der Waals surface area contributed by atoms with Crippen LogP contribution in [-0.2, 0) is 4.79 Å². The van der Waals surface area contributed by atoms with E-state index in [0.717, 1.165) is 16.3 Å². The van der Waals surface area contributed by atoms with Crippen molar-refractivity contribution in [3.05, 3.63) is 76.0 Å². The van der Waals surface area contributed by atoms with E-state index in [4.69, 9.17) is 0 Å². The molecule has 1 aromatic carbocycles. The van der Waals surface area contributed by atoms with Gasteiger partial charge in [-0.2, -0.15) is 0 Å². The lowest BCUT2D eigenvalue weighted by atomic mass is 10.1. The van der Waals surface area contributed by atoms with Crippen molar-refractivity contribution in [1.29, 1.82) is 0 Å². The number of rotatable bonds is 5. The van der Waals surface area contributed by atoms with E-state index in [0.29, 0.717) is 16.9 Å². The molecule has 2 N–H and O–H groups in total. The third kappa shape index (κ3) is 5.08. The standard InChI is InChI=1S/C20H18N4O2S/c1-13-3-4-16(23-19(25)6-5-17-12-27-14(2)22-17)11-18(13)24-20(26)15-7-9-21-10-8-15/h3-12H,1-2H3,(H,23,25)(H,24,26). The zero-order chi connectivity index (χ0) is 19.2. The maximum atomic E-state index is 12.3. The van der Waals surface area contributed by atoms with E-state index in [2.05, 4.69) is 20.6 Å². The van der Waals surface area contributed by atoms with Gasteiger partial charge in [0.05, 0.1) is 10.7 Å². The zero-order valence-electron chi connectivity index (χ0n) is 14.9. The molecule has 0 unspecified atom stereocenters. The van der Waals surface area contributed by atoms with Crippen LogP contribution in [0, 0.1) is 13.8 Å². The molecule has 27 heavy (non-hydrogen) atoms. The Morgan fingerprint density at radius 2 is 1.85 bits per heavy atom. The minimum absolute atomic E-state index is 0.234. The Labute approximate surface area is 161 Å². The van der Waals surface area contributed by atoms with Crippen LogP contribution >= 0.6 is 11.3 Å². The van der Waals surface area contributed by atoms with Crippen LogP contribution in [-0.4, -0.2) is 21.8 Å². The van der Waals surface area contributed by atoms with Gasteiger partial charge in [0.25, 0.3) is 5.91 Å². The Bertz CT molecular complexity index is 996. The molecule has 2 amide bonds. The van der Waals surface area contributed by atoms with Gasteiger partial charge in [-0.05, 0) is 49.8 Å². The van der Waals surface area contributed by atoms with Gasteiger partial charge in [0, 0.05) is 40.8 Å². The van der Waals surface area contributed by atoms with Gasteiger partial charge in [0.1, 0.15) is 0 Å². The number of aryl methyl sites for hydroxylation is 2. The zero-order valence-corrected chi connectivity index (χ0v) is 15.7. The van der Waals surface area contributed by atoms with E-state index in [9.17, 15) is 9.59 Å². The highest BCUT2D eigenvalue weighted by Gasteiger charge is 2.09. The highest BCUT2D eigenvalue weighted by molar-refractivity contribution is 7.09. The number of benzene rings is 1. The topological polar surface area (TPSA) is 84.0 Å². The minimum atomic E-state index is -0.268. The molecule has 0 radical (unpaired) electrons. The molecule has 2 heterocycles. The monoisotopic (exact) mass is 378 g/mol. The summed E-state index contributed by atoms with van der Waals surface area (Å²) in [4.78, 5) is 32.6. The van der Waals surface area contributed by atoms with Crippen molar-refractivity contribution >= 4 is 40.6 Å². The fourth-order valence-corrected chi connectivity index (χ4v) is 2.91. The Kier molecular flexibility index (Phi) is 5.73. The van der Waals surface area contributed by atoms with Crippen molar-refractivity contribution in [2.75, 3.05) is 10.6 Å². The van der Waals surface area contributed by atoms with Crippen molar-refractivity contribution in [2.45, 2.75) is 13.8 Å². The van der Waals surface area contributed by atoms with Crippen LogP contribution < -0.4 is 10.6 Å². The van der Waals surface area contributed by atoms with E-state index in [-0.39, 0.29) is 11.8 Å². The predicted molar refractivity (Wildman–Crippen MR) is 108 cm³/mol. The van der Waals surface area contributed by atoms with Crippen LogP contribution in [0.15, 0.2) is 54.2 Å². The number of amides is 2. The van der Waals surface area contributed by atoms with E-state index in [1.54, 1.807) is 42.7 Å². The second kappa shape index (κ2) is 8.37. The molecule has 0 saturated carbocycles. The maximum Gasteiger partial charge on any atom is 0.255 e. The summed E-state index contributed by atoms with van der Waals surface area (Å²) >= 11 is 1.53. The second-order valence-corrected chi connectivity index (χ2v) is 6.90. The van der Waals surface area contributed by atoms with E-state index >= 15 is 0 Å². The van der Waals surface area contributed by atoms with Crippen LogP contribution in [0.25, 0.3) is 6.08 Å². The number of nitrogens with one attached hydrogen (secondary N) is 2. The quantitative estimate of drug-likeness (QED) is 0.656. The summed E-state index contributed by atoms with van der Waals surface area (Å²) in [5, 5.41) is 8.48. The Hall–Kier alpha value is -3.32. The first kappa shape index (κ1) is 18.5. The van der Waals surface area contributed by atoms with Gasteiger partial charge < -0.3 is 10.6 Å². The lowest BCUT2D eigenvalue weighted by Crippen LogP contribution is -2.14. The minimum Gasteiger partial charge on any atom is -0.322 e. The third-order valence-electron chi connectivity index (χ3n) is 3.74. The number of anilines is 2. The summed E-state index contributed by atoms with van der Waals surface area (Å²) in [5.74, 6) is -0.501. The fraction of sp³-hybridized carbons (Fsp3) is 0.100. The molecule has 0 spiro atoms. The Balaban J connectivity index is 1.68. The summed E-state index contributed by atoms with van der Waals surface area (Å²) in [6, 6.07) is 8.64. The van der Waals surface area contributed by atoms with Crippen LogP contribution in [0.2, 0.25) is 0 Å². The van der Waals surface area contributed by atoms with Crippen molar-refractivity contribution in [1.82, 2.24) is 9.97 Å². The number of hydrogen-bond acceptors (Lipinski definition) is 5. The van der Waals surface area contributed by atoms with E-state index < -0.39 is 0 Å². The highest BCUT2D eigenvalue weighted by atomic mass is 32.1. The van der Waals surface area contributed by atoms with Crippen LogP contribution in [0.3, 0.4) is 0 Å². The largest absolute Gasteiger partial charge is 0.322 e. The summed E-state index contributed by atoms with van der Waals surface area (Å²) in [7, 11) is 0. The molecule has 0 fully saturated rings. The first-order valence-corrected chi connectivity index (χ1v) is 9.12. The lowest BCUT2D eigenvalue weighted by molar-refractivity contribution is -0.111. The second-order valence-electron chi connectivity index (χ2n) is 5.83. The SMILES string of the molecule is Cc1nc(C=CC(=O)Nc2ccc(C)c(NC(=O)c3ccncc3)c2)cs1. The molecule has 3 aromatic rings. The average Bonchev–Trinajstić information content (AvgIpc) is 3.09. The van der Waals surface area contributed by atoms with Gasteiger partial charge in [-0.15, -0.1) is 11.3 Å². The predicted octanol–water partition coefficient (Wildman–Crippen LogP) is 4.06. The number of thiazole rings is 1. The number of carbonyl (C=O) groups is 2. The molecule has 2 aromatic heterocycles. The van der Waals surface area contributed by atoms with Crippen molar-refractivity contribution in [3.63, 3.8) is 0 Å². The molecule has 7 heteroatoms. The first-order chi connectivity index (χ1) is 13.0. The number of aromatic nitrogens is 2. The van der Waals surface area contributed by atoms with Crippen molar-refractivity contribution in [2.24, 2.45) is 0 Å². The normalized spacial score (nSPS) is 10.7. The summed E-state index contributed by atoms with van der Waals surface area (Å²) in [6.07, 6.45) is 6.23. The van der Waals surface area contributed by atoms with E-state index in [1.165, 1.54) is 17.4 Å². The van der Waals surface area contributed by atoms with Gasteiger partial charge >= 0.3 is 0 Å². The van der Waals surface area contributed by atoms with Crippen molar-refractivity contribution in [3.8, 4) is 0 Å². The molecule has 3 rings (SSSR count). The van der Waals surface area contributed by atoms with Gasteiger partial charge in [0.15, 0.2) is 0 Å². The molecule has 136 valence electrons. The van der Waals surface area contributed by atoms with Crippen molar-refractivity contribution < 1.29 is 9.59 Å². The Morgan fingerprint density at radius 3 is 2.56 bits per heavy atom.